The molecule has 0 radical (unpaired) electrons. The van der Waals surface area contributed by atoms with Gasteiger partial charge in [0, 0.05) is 25.9 Å². The Morgan fingerprint density at radius 2 is 2.11 bits per heavy atom. The number of nitrogens with zero attached hydrogens (tertiary/aromatic N) is 1. The maximum Gasteiger partial charge on any atom is 0.296 e. The molecular formula is C13H16N2O3. The molecule has 1 amide bonds. The van der Waals surface area contributed by atoms with Gasteiger partial charge in [-0.15, -0.1) is 0 Å². The number of likely N-dealkylation sites (N-methyl/N-ethyl adjacent to an activating group) is 1. The number of carbonyl (C=O) groups excluding carboxylic acids is 2. The maximum absolute atomic E-state index is 11.5. The SMILES string of the molecule is CCN(CCOC)c1ccc2c(c1)NC(=O)C2=O. The quantitative estimate of drug-likeness (QED) is 0.798. The van der Waals surface area contributed by atoms with Crippen LogP contribution in [0.1, 0.15) is 17.3 Å². The Labute approximate surface area is 106 Å². The fourth-order valence-electron chi connectivity index (χ4n) is 2.00. The predicted molar refractivity (Wildman–Crippen MR) is 69.2 cm³/mol. The van der Waals surface area contributed by atoms with E-state index in [-0.39, 0.29) is 0 Å². The number of anilines is 2. The Kier molecular flexibility index (Phi) is 3.62. The van der Waals surface area contributed by atoms with E-state index in [1.54, 1.807) is 13.2 Å². The number of hydrogen-bond donors (Lipinski definition) is 1. The van der Waals surface area contributed by atoms with Gasteiger partial charge in [0.05, 0.1) is 17.9 Å². The zero-order valence-electron chi connectivity index (χ0n) is 10.5. The maximum atomic E-state index is 11.5. The minimum Gasteiger partial charge on any atom is -0.383 e. The molecule has 96 valence electrons. The van der Waals surface area contributed by atoms with E-state index in [0.717, 1.165) is 18.8 Å². The highest BCUT2D eigenvalue weighted by Gasteiger charge is 2.28. The molecule has 5 nitrogen and oxygen atoms in total. The van der Waals surface area contributed by atoms with Crippen LogP contribution in [0, 0.1) is 0 Å². The highest BCUT2D eigenvalue weighted by atomic mass is 16.5. The van der Waals surface area contributed by atoms with E-state index >= 15 is 0 Å². The largest absolute Gasteiger partial charge is 0.383 e. The summed E-state index contributed by atoms with van der Waals surface area (Å²) in [7, 11) is 1.66. The highest BCUT2D eigenvalue weighted by molar-refractivity contribution is 6.51. The molecule has 0 unspecified atom stereocenters. The number of ketones is 1. The number of benzene rings is 1. The fourth-order valence-corrected chi connectivity index (χ4v) is 2.00. The first-order chi connectivity index (χ1) is 8.67. The first kappa shape index (κ1) is 12.6. The molecule has 0 aromatic heterocycles. The van der Waals surface area contributed by atoms with E-state index < -0.39 is 11.7 Å². The van der Waals surface area contributed by atoms with E-state index in [1.165, 1.54) is 0 Å². The fraction of sp³-hybridized carbons (Fsp3) is 0.385. The number of rotatable bonds is 5. The van der Waals surface area contributed by atoms with Crippen LogP contribution >= 0.6 is 0 Å². The molecule has 0 atom stereocenters. The molecule has 0 fully saturated rings. The molecule has 0 aliphatic carbocycles. The number of amides is 1. The summed E-state index contributed by atoms with van der Waals surface area (Å²) in [6, 6.07) is 5.38. The van der Waals surface area contributed by atoms with Gasteiger partial charge in [-0.1, -0.05) is 0 Å². The van der Waals surface area contributed by atoms with Gasteiger partial charge < -0.3 is 15.0 Å². The Balaban J connectivity index is 2.24. The first-order valence-electron chi connectivity index (χ1n) is 5.91. The molecule has 1 aliphatic heterocycles. The summed E-state index contributed by atoms with van der Waals surface area (Å²) in [5, 5.41) is 2.58. The van der Waals surface area contributed by atoms with Crippen LogP contribution in [0.25, 0.3) is 0 Å². The molecule has 0 saturated carbocycles. The minimum atomic E-state index is -0.554. The summed E-state index contributed by atoms with van der Waals surface area (Å²) < 4.78 is 5.06. The Bertz CT molecular complexity index is 485. The Morgan fingerprint density at radius 1 is 1.33 bits per heavy atom. The van der Waals surface area contributed by atoms with E-state index in [4.69, 9.17) is 4.74 Å². The predicted octanol–water partition coefficient (Wildman–Crippen LogP) is 1.29. The second-order valence-corrected chi connectivity index (χ2v) is 4.09. The number of hydrogen-bond acceptors (Lipinski definition) is 4. The smallest absolute Gasteiger partial charge is 0.296 e. The van der Waals surface area contributed by atoms with Gasteiger partial charge in [0.15, 0.2) is 0 Å². The van der Waals surface area contributed by atoms with Crippen molar-refractivity contribution in [2.24, 2.45) is 0 Å². The van der Waals surface area contributed by atoms with Crippen molar-refractivity contribution >= 4 is 23.1 Å². The van der Waals surface area contributed by atoms with Crippen LogP contribution in [0.5, 0.6) is 0 Å². The molecule has 1 aromatic rings. The summed E-state index contributed by atoms with van der Waals surface area (Å²) >= 11 is 0. The number of nitrogens with one attached hydrogen (secondary N) is 1. The molecule has 0 saturated heterocycles. The number of fused-ring (bicyclic) bond motifs is 1. The van der Waals surface area contributed by atoms with Gasteiger partial charge in [-0.3, -0.25) is 9.59 Å². The lowest BCUT2D eigenvalue weighted by molar-refractivity contribution is -0.112. The summed E-state index contributed by atoms with van der Waals surface area (Å²) in [5.74, 6) is -1.02. The van der Waals surface area contributed by atoms with Crippen LogP contribution in [0.4, 0.5) is 11.4 Å². The Hall–Kier alpha value is -1.88. The minimum absolute atomic E-state index is 0.451. The van der Waals surface area contributed by atoms with Gasteiger partial charge in [0.25, 0.3) is 11.7 Å². The highest BCUT2D eigenvalue weighted by Crippen LogP contribution is 2.28. The number of carbonyl (C=O) groups is 2. The van der Waals surface area contributed by atoms with Gasteiger partial charge in [0.2, 0.25) is 0 Å². The summed E-state index contributed by atoms with van der Waals surface area (Å²) in [6.45, 7) is 4.29. The van der Waals surface area contributed by atoms with E-state index in [9.17, 15) is 9.59 Å². The van der Waals surface area contributed by atoms with Crippen LogP contribution in [0.15, 0.2) is 18.2 Å². The van der Waals surface area contributed by atoms with E-state index in [2.05, 4.69) is 10.2 Å². The molecule has 1 aromatic carbocycles. The lowest BCUT2D eigenvalue weighted by Crippen LogP contribution is -2.26. The third-order valence-electron chi connectivity index (χ3n) is 3.01. The van der Waals surface area contributed by atoms with Crippen molar-refractivity contribution in [3.8, 4) is 0 Å². The molecule has 18 heavy (non-hydrogen) atoms. The van der Waals surface area contributed by atoms with Crippen molar-refractivity contribution in [2.45, 2.75) is 6.92 Å². The molecular weight excluding hydrogens is 232 g/mol. The zero-order chi connectivity index (χ0) is 13.1. The van der Waals surface area contributed by atoms with Crippen molar-refractivity contribution in [1.82, 2.24) is 0 Å². The summed E-state index contributed by atoms with van der Waals surface area (Å²) in [4.78, 5) is 24.9. The van der Waals surface area contributed by atoms with Gasteiger partial charge in [-0.25, -0.2) is 0 Å². The van der Waals surface area contributed by atoms with Crippen molar-refractivity contribution < 1.29 is 14.3 Å². The molecule has 0 bridgehead atoms. The van der Waals surface area contributed by atoms with Gasteiger partial charge >= 0.3 is 0 Å². The number of methoxy groups -OCH3 is 1. The molecule has 1 N–H and O–H groups in total. The topological polar surface area (TPSA) is 58.6 Å². The van der Waals surface area contributed by atoms with Gasteiger partial charge in [-0.2, -0.15) is 0 Å². The molecule has 1 aliphatic rings. The van der Waals surface area contributed by atoms with Crippen molar-refractivity contribution in [3.05, 3.63) is 23.8 Å². The molecule has 2 rings (SSSR count). The van der Waals surface area contributed by atoms with E-state index in [1.807, 2.05) is 19.1 Å². The normalized spacial score (nSPS) is 13.4. The third kappa shape index (κ3) is 2.22. The second-order valence-electron chi connectivity index (χ2n) is 4.09. The van der Waals surface area contributed by atoms with Crippen molar-refractivity contribution in [1.29, 1.82) is 0 Å². The van der Waals surface area contributed by atoms with Crippen LogP contribution < -0.4 is 10.2 Å². The lowest BCUT2D eigenvalue weighted by Gasteiger charge is -2.23. The van der Waals surface area contributed by atoms with Crippen LogP contribution in [0.2, 0.25) is 0 Å². The number of Topliss-reactive ketones (excluding diaryl/α,β-unsaturated/α-hetero) is 1. The number of ether oxygens (including phenoxy) is 1. The lowest BCUT2D eigenvalue weighted by atomic mass is 10.1. The Morgan fingerprint density at radius 3 is 2.78 bits per heavy atom. The standard InChI is InChI=1S/C13H16N2O3/c1-3-15(6-7-18-2)9-4-5-10-11(8-9)14-13(17)12(10)16/h4-5,8H,3,6-7H2,1-2H3,(H,14,16,17). The average Bonchev–Trinajstić information content (AvgIpc) is 2.66. The van der Waals surface area contributed by atoms with Crippen LogP contribution in [-0.4, -0.2) is 38.5 Å². The van der Waals surface area contributed by atoms with Gasteiger partial charge in [0.1, 0.15) is 0 Å². The van der Waals surface area contributed by atoms with Gasteiger partial charge in [-0.05, 0) is 25.1 Å². The van der Waals surface area contributed by atoms with Crippen LogP contribution in [-0.2, 0) is 9.53 Å². The second kappa shape index (κ2) is 5.18. The summed E-state index contributed by atoms with van der Waals surface area (Å²) in [6.07, 6.45) is 0. The first-order valence-corrected chi connectivity index (χ1v) is 5.91. The van der Waals surface area contributed by atoms with E-state index in [0.29, 0.717) is 17.9 Å². The molecule has 5 heteroatoms. The zero-order valence-corrected chi connectivity index (χ0v) is 10.5. The summed E-state index contributed by atoms with van der Waals surface area (Å²) in [5.41, 5.74) is 2.02. The van der Waals surface area contributed by atoms with Crippen LogP contribution in [0.3, 0.4) is 0 Å². The van der Waals surface area contributed by atoms with Crippen molar-refractivity contribution in [3.63, 3.8) is 0 Å². The third-order valence-corrected chi connectivity index (χ3v) is 3.01. The molecule has 1 heterocycles. The average molecular weight is 248 g/mol. The van der Waals surface area contributed by atoms with Crippen molar-refractivity contribution in [2.75, 3.05) is 37.0 Å². The molecule has 0 spiro atoms. The monoisotopic (exact) mass is 248 g/mol.